The van der Waals surface area contributed by atoms with Gasteiger partial charge in [0.1, 0.15) is 5.82 Å². The lowest BCUT2D eigenvalue weighted by Gasteiger charge is -2.22. The monoisotopic (exact) mass is 486 g/mol. The van der Waals surface area contributed by atoms with E-state index in [9.17, 15) is 14.0 Å². The molecule has 0 radical (unpaired) electrons. The van der Waals surface area contributed by atoms with Crippen molar-refractivity contribution in [1.82, 2.24) is 9.55 Å². The molecule has 176 valence electrons. The van der Waals surface area contributed by atoms with Crippen molar-refractivity contribution in [3.05, 3.63) is 100 Å². The van der Waals surface area contributed by atoms with Crippen LogP contribution in [0.15, 0.2) is 82.7 Å². The molecule has 0 fully saturated rings. The quantitative estimate of drug-likeness (QED) is 0.261. The van der Waals surface area contributed by atoms with Gasteiger partial charge in [0.2, 0.25) is 5.91 Å². The number of nitrogens with zero attached hydrogens (tertiary/aromatic N) is 4. The third kappa shape index (κ3) is 5.76. The minimum absolute atomic E-state index is 0.0352. The zero-order chi connectivity index (χ0) is 24.8. The zero-order valence-electron chi connectivity index (χ0n) is 19.1. The van der Waals surface area contributed by atoms with E-state index in [1.807, 2.05) is 31.2 Å². The van der Waals surface area contributed by atoms with E-state index in [0.29, 0.717) is 21.7 Å². The van der Waals surface area contributed by atoms with Gasteiger partial charge >= 0.3 is 0 Å². The van der Waals surface area contributed by atoms with Crippen LogP contribution in [-0.4, -0.2) is 27.8 Å². The Hall–Kier alpha value is -3.96. The number of para-hydroxylation sites is 1. The van der Waals surface area contributed by atoms with Gasteiger partial charge < -0.3 is 4.90 Å². The van der Waals surface area contributed by atoms with Gasteiger partial charge in [-0.1, -0.05) is 53.7 Å². The van der Waals surface area contributed by atoms with Crippen LogP contribution in [-0.2, 0) is 11.3 Å². The third-order valence-electron chi connectivity index (χ3n) is 5.50. The fourth-order valence-electron chi connectivity index (χ4n) is 3.66. The Morgan fingerprint density at radius 1 is 1.09 bits per heavy atom. The van der Waals surface area contributed by atoms with Gasteiger partial charge in [-0.15, -0.1) is 0 Å². The average molecular weight is 487 g/mol. The number of hydrogen-bond acceptors (Lipinski definition) is 5. The van der Waals surface area contributed by atoms with E-state index in [1.54, 1.807) is 41.3 Å². The van der Waals surface area contributed by atoms with E-state index < -0.39 is 0 Å². The fraction of sp³-hybridized carbons (Fsp3) is 0.185. The number of carbonyl (C=O) groups is 1. The number of benzene rings is 3. The van der Waals surface area contributed by atoms with Crippen molar-refractivity contribution in [1.29, 1.82) is 5.26 Å². The lowest BCUT2D eigenvalue weighted by Crippen LogP contribution is -2.33. The maximum atomic E-state index is 13.4. The zero-order valence-corrected chi connectivity index (χ0v) is 20.0. The highest BCUT2D eigenvalue weighted by molar-refractivity contribution is 7.99. The molecule has 0 N–H and O–H groups in total. The highest BCUT2D eigenvalue weighted by atomic mass is 32.2. The molecular weight excluding hydrogens is 463 g/mol. The second-order valence-electron chi connectivity index (χ2n) is 8.01. The Bertz CT molecular complexity index is 1440. The summed E-state index contributed by atoms with van der Waals surface area (Å²) in [5.74, 6) is -0.510. The number of rotatable bonds is 8. The molecule has 0 bridgehead atoms. The Morgan fingerprint density at radius 3 is 2.51 bits per heavy atom. The second-order valence-corrected chi connectivity index (χ2v) is 8.95. The normalized spacial score (nSPS) is 10.8. The summed E-state index contributed by atoms with van der Waals surface area (Å²) in [6, 6.07) is 22.6. The van der Waals surface area contributed by atoms with Crippen molar-refractivity contribution in [3.8, 4) is 6.07 Å². The smallest absolute Gasteiger partial charge is 0.262 e. The van der Waals surface area contributed by atoms with Crippen molar-refractivity contribution in [3.63, 3.8) is 0 Å². The number of nitriles is 1. The van der Waals surface area contributed by atoms with Crippen molar-refractivity contribution in [2.75, 3.05) is 17.2 Å². The van der Waals surface area contributed by atoms with Crippen LogP contribution in [0.4, 0.5) is 10.1 Å². The Labute approximate surface area is 206 Å². The van der Waals surface area contributed by atoms with Crippen LogP contribution < -0.4 is 10.5 Å². The molecule has 0 saturated carbocycles. The largest absolute Gasteiger partial charge is 0.311 e. The van der Waals surface area contributed by atoms with Crippen LogP contribution in [0.25, 0.3) is 10.9 Å². The highest BCUT2D eigenvalue weighted by Crippen LogP contribution is 2.22. The molecule has 8 heteroatoms. The first-order valence-corrected chi connectivity index (χ1v) is 12.1. The Kier molecular flexibility index (Phi) is 7.58. The molecule has 0 atom stereocenters. The lowest BCUT2D eigenvalue weighted by atomic mass is 10.2. The molecule has 35 heavy (non-hydrogen) atoms. The summed E-state index contributed by atoms with van der Waals surface area (Å²) in [5.41, 5.74) is 2.85. The molecule has 3 aromatic carbocycles. The number of thioether (sulfide) groups is 1. The van der Waals surface area contributed by atoms with Crippen LogP contribution >= 0.6 is 11.8 Å². The topological polar surface area (TPSA) is 79.0 Å². The summed E-state index contributed by atoms with van der Waals surface area (Å²) < 4.78 is 14.9. The standard InChI is InChI=1S/C27H23FN4O2S/c1-19-7-13-22(14-8-19)31(16-4-15-29)25(33)18-35-27-30-24-6-3-2-5-23(24)26(34)32(27)17-20-9-11-21(28)12-10-20/h2-3,5-14H,4,16-18H2,1H3. The molecule has 0 aliphatic rings. The van der Waals surface area contributed by atoms with Crippen molar-refractivity contribution in [2.45, 2.75) is 25.0 Å². The summed E-state index contributed by atoms with van der Waals surface area (Å²) >= 11 is 1.17. The van der Waals surface area contributed by atoms with Crippen molar-refractivity contribution >= 4 is 34.3 Å². The molecule has 1 amide bonds. The first-order chi connectivity index (χ1) is 17.0. The van der Waals surface area contributed by atoms with Crippen LogP contribution in [0, 0.1) is 24.1 Å². The maximum Gasteiger partial charge on any atom is 0.262 e. The lowest BCUT2D eigenvalue weighted by molar-refractivity contribution is -0.116. The van der Waals surface area contributed by atoms with Gasteiger partial charge in [-0.25, -0.2) is 9.37 Å². The van der Waals surface area contributed by atoms with Crippen LogP contribution in [0.5, 0.6) is 0 Å². The molecular formula is C27H23FN4O2S. The van der Waals surface area contributed by atoms with E-state index in [2.05, 4.69) is 11.1 Å². The number of fused-ring (bicyclic) bond motifs is 1. The predicted molar refractivity (Wildman–Crippen MR) is 136 cm³/mol. The number of amides is 1. The number of halogens is 1. The maximum absolute atomic E-state index is 13.4. The number of aryl methyl sites for hydroxylation is 1. The third-order valence-corrected chi connectivity index (χ3v) is 6.46. The molecule has 1 aromatic heterocycles. The van der Waals surface area contributed by atoms with Crippen molar-refractivity contribution < 1.29 is 9.18 Å². The van der Waals surface area contributed by atoms with Gasteiger partial charge in [0.25, 0.3) is 5.56 Å². The van der Waals surface area contributed by atoms with Gasteiger partial charge in [-0.2, -0.15) is 5.26 Å². The van der Waals surface area contributed by atoms with E-state index in [4.69, 9.17) is 5.26 Å². The van der Waals surface area contributed by atoms with E-state index in [0.717, 1.165) is 11.1 Å². The summed E-state index contributed by atoms with van der Waals surface area (Å²) in [6.07, 6.45) is 0.202. The summed E-state index contributed by atoms with van der Waals surface area (Å²) in [5, 5.41) is 9.93. The summed E-state index contributed by atoms with van der Waals surface area (Å²) in [4.78, 5) is 32.7. The minimum Gasteiger partial charge on any atom is -0.311 e. The van der Waals surface area contributed by atoms with E-state index in [-0.39, 0.29) is 42.5 Å². The van der Waals surface area contributed by atoms with Gasteiger partial charge in [-0.3, -0.25) is 14.2 Å². The molecule has 0 aliphatic heterocycles. The molecule has 4 aromatic rings. The summed E-state index contributed by atoms with van der Waals surface area (Å²) in [6.45, 7) is 2.43. The molecule has 0 saturated heterocycles. The predicted octanol–water partition coefficient (Wildman–Crippen LogP) is 4.93. The van der Waals surface area contributed by atoms with Gasteiger partial charge in [0.05, 0.1) is 35.7 Å². The number of hydrogen-bond donors (Lipinski definition) is 0. The molecule has 0 aliphatic carbocycles. The van der Waals surface area contributed by atoms with Crippen LogP contribution in [0.2, 0.25) is 0 Å². The van der Waals surface area contributed by atoms with E-state index >= 15 is 0 Å². The van der Waals surface area contributed by atoms with Crippen molar-refractivity contribution in [2.24, 2.45) is 0 Å². The van der Waals surface area contributed by atoms with E-state index in [1.165, 1.54) is 28.5 Å². The fourth-order valence-corrected chi connectivity index (χ4v) is 4.53. The molecule has 0 unspecified atom stereocenters. The van der Waals surface area contributed by atoms with Gasteiger partial charge in [0, 0.05) is 12.2 Å². The van der Waals surface area contributed by atoms with Gasteiger partial charge in [0.15, 0.2) is 5.16 Å². The summed E-state index contributed by atoms with van der Waals surface area (Å²) in [7, 11) is 0. The number of anilines is 1. The average Bonchev–Trinajstić information content (AvgIpc) is 2.87. The molecule has 0 spiro atoms. The first kappa shape index (κ1) is 24.2. The molecule has 4 rings (SSSR count). The van der Waals surface area contributed by atoms with Crippen LogP contribution in [0.1, 0.15) is 17.5 Å². The number of carbonyl (C=O) groups excluding carboxylic acids is 1. The molecule has 6 nitrogen and oxygen atoms in total. The Morgan fingerprint density at radius 2 is 1.80 bits per heavy atom. The first-order valence-electron chi connectivity index (χ1n) is 11.1. The highest BCUT2D eigenvalue weighted by Gasteiger charge is 2.19. The van der Waals surface area contributed by atoms with Gasteiger partial charge in [-0.05, 0) is 48.9 Å². The minimum atomic E-state index is -0.355. The SMILES string of the molecule is Cc1ccc(N(CCC#N)C(=O)CSc2nc3ccccc3c(=O)n2Cc2ccc(F)cc2)cc1. The molecule has 1 heterocycles. The van der Waals surface area contributed by atoms with Crippen LogP contribution in [0.3, 0.4) is 0 Å². The number of aromatic nitrogens is 2. The Balaban J connectivity index is 1.64. The second kappa shape index (κ2) is 11.0.